The summed E-state index contributed by atoms with van der Waals surface area (Å²) in [6, 6.07) is 7.39. The molecule has 0 amide bonds. The highest BCUT2D eigenvalue weighted by atomic mass is 16.5. The number of morpholine rings is 1. The van der Waals surface area contributed by atoms with E-state index in [2.05, 4.69) is 9.64 Å². The van der Waals surface area contributed by atoms with Gasteiger partial charge in [-0.2, -0.15) is 0 Å². The van der Waals surface area contributed by atoms with Crippen molar-refractivity contribution in [1.82, 2.24) is 0 Å². The Labute approximate surface area is 106 Å². The molecule has 5 heteroatoms. The Morgan fingerprint density at radius 3 is 2.83 bits per heavy atom. The molecular weight excluding hydrogens is 232 g/mol. The van der Waals surface area contributed by atoms with Crippen LogP contribution in [0.5, 0.6) is 0 Å². The Balaban J connectivity index is 2.07. The van der Waals surface area contributed by atoms with E-state index in [1.807, 2.05) is 12.1 Å². The summed E-state index contributed by atoms with van der Waals surface area (Å²) in [5.74, 6) is -0.316. The zero-order chi connectivity index (χ0) is 13.0. The maximum absolute atomic E-state index is 11.3. The van der Waals surface area contributed by atoms with Gasteiger partial charge in [-0.15, -0.1) is 0 Å². The van der Waals surface area contributed by atoms with Gasteiger partial charge in [0.05, 0.1) is 25.4 Å². The van der Waals surface area contributed by atoms with Gasteiger partial charge in [0.2, 0.25) is 0 Å². The second kappa shape index (κ2) is 5.84. The molecule has 1 aromatic rings. The topological polar surface area (TPSA) is 64.8 Å². The summed E-state index contributed by atoms with van der Waals surface area (Å²) in [5.41, 5.74) is 7.25. The molecule has 0 saturated carbocycles. The van der Waals surface area contributed by atoms with Gasteiger partial charge in [0.25, 0.3) is 0 Å². The molecule has 98 valence electrons. The summed E-state index contributed by atoms with van der Waals surface area (Å²) < 4.78 is 10.2. The fourth-order valence-corrected chi connectivity index (χ4v) is 2.02. The summed E-state index contributed by atoms with van der Waals surface area (Å²) >= 11 is 0. The second-order valence-corrected chi connectivity index (χ2v) is 4.21. The van der Waals surface area contributed by atoms with Crippen LogP contribution >= 0.6 is 0 Å². The molecule has 1 saturated heterocycles. The first-order valence-corrected chi connectivity index (χ1v) is 5.99. The first-order valence-electron chi connectivity index (χ1n) is 5.99. The van der Waals surface area contributed by atoms with Gasteiger partial charge in [0.1, 0.15) is 0 Å². The molecular formula is C13H18N2O3. The lowest BCUT2D eigenvalue weighted by atomic mass is 10.1. The fraction of sp³-hybridized carbons (Fsp3) is 0.462. The van der Waals surface area contributed by atoms with Crippen molar-refractivity contribution in [3.05, 3.63) is 29.8 Å². The molecule has 1 heterocycles. The molecule has 18 heavy (non-hydrogen) atoms. The van der Waals surface area contributed by atoms with Crippen molar-refractivity contribution in [3.8, 4) is 0 Å². The number of anilines is 1. The summed E-state index contributed by atoms with van der Waals surface area (Å²) in [6.07, 6.45) is 0.0824. The fourth-order valence-electron chi connectivity index (χ4n) is 2.02. The molecule has 5 nitrogen and oxygen atoms in total. The van der Waals surface area contributed by atoms with Gasteiger partial charge >= 0.3 is 5.97 Å². The van der Waals surface area contributed by atoms with Crippen LogP contribution in [0.15, 0.2) is 24.3 Å². The molecule has 0 radical (unpaired) electrons. The van der Waals surface area contributed by atoms with Crippen LogP contribution in [0, 0.1) is 0 Å². The van der Waals surface area contributed by atoms with Crippen LogP contribution in [0.3, 0.4) is 0 Å². The van der Waals surface area contributed by atoms with Crippen LogP contribution in [-0.2, 0) is 9.47 Å². The Hall–Kier alpha value is -1.59. The van der Waals surface area contributed by atoms with E-state index >= 15 is 0 Å². The number of carbonyl (C=O) groups is 1. The van der Waals surface area contributed by atoms with E-state index in [1.165, 1.54) is 7.11 Å². The molecule has 1 aliphatic heterocycles. The lowest BCUT2D eigenvalue weighted by Crippen LogP contribution is -2.45. The van der Waals surface area contributed by atoms with E-state index in [0.29, 0.717) is 18.7 Å². The molecule has 1 fully saturated rings. The van der Waals surface area contributed by atoms with Crippen molar-refractivity contribution >= 4 is 11.7 Å². The highest BCUT2D eigenvalue weighted by Crippen LogP contribution is 2.18. The Morgan fingerprint density at radius 1 is 1.50 bits per heavy atom. The molecule has 2 rings (SSSR count). The molecule has 0 aliphatic carbocycles. The number of hydrogen-bond donors (Lipinski definition) is 1. The molecule has 1 aliphatic rings. The zero-order valence-corrected chi connectivity index (χ0v) is 10.5. The number of esters is 1. The van der Waals surface area contributed by atoms with E-state index in [-0.39, 0.29) is 12.1 Å². The van der Waals surface area contributed by atoms with Gasteiger partial charge in [-0.05, 0) is 24.3 Å². The van der Waals surface area contributed by atoms with Crippen molar-refractivity contribution in [2.24, 2.45) is 5.73 Å². The van der Waals surface area contributed by atoms with E-state index in [1.54, 1.807) is 12.1 Å². The number of methoxy groups -OCH3 is 1. The summed E-state index contributed by atoms with van der Waals surface area (Å²) in [4.78, 5) is 13.5. The van der Waals surface area contributed by atoms with Gasteiger partial charge in [-0.25, -0.2) is 4.79 Å². The summed E-state index contributed by atoms with van der Waals surface area (Å²) in [7, 11) is 1.38. The minimum Gasteiger partial charge on any atom is -0.465 e. The van der Waals surface area contributed by atoms with Crippen LogP contribution in [0.25, 0.3) is 0 Å². The molecule has 1 unspecified atom stereocenters. The molecule has 1 aromatic carbocycles. The average Bonchev–Trinajstić information content (AvgIpc) is 2.46. The van der Waals surface area contributed by atoms with Crippen LogP contribution in [0.2, 0.25) is 0 Å². The normalized spacial score (nSPS) is 19.7. The summed E-state index contributed by atoms with van der Waals surface area (Å²) in [5, 5.41) is 0. The smallest absolute Gasteiger partial charge is 0.337 e. The predicted octanol–water partition coefficient (Wildman–Crippen LogP) is 0.637. The van der Waals surface area contributed by atoms with E-state index in [9.17, 15) is 4.79 Å². The standard InChI is InChI=1S/C13H18N2O3/c1-17-13(16)10-2-4-11(5-3-10)15-6-7-18-12(8-14)9-15/h2-5,12H,6-9,14H2,1H3. The zero-order valence-electron chi connectivity index (χ0n) is 10.5. The first kappa shape index (κ1) is 12.9. The number of nitrogens with two attached hydrogens (primary N) is 1. The third-order valence-corrected chi connectivity index (χ3v) is 3.06. The number of ether oxygens (including phenoxy) is 2. The van der Waals surface area contributed by atoms with Gasteiger partial charge in [0, 0.05) is 25.3 Å². The molecule has 2 N–H and O–H groups in total. The quantitative estimate of drug-likeness (QED) is 0.797. The third-order valence-electron chi connectivity index (χ3n) is 3.06. The Kier molecular flexibility index (Phi) is 4.17. The first-order chi connectivity index (χ1) is 8.74. The predicted molar refractivity (Wildman–Crippen MR) is 68.8 cm³/mol. The van der Waals surface area contributed by atoms with Gasteiger partial charge in [0.15, 0.2) is 0 Å². The van der Waals surface area contributed by atoms with Crippen molar-refractivity contribution < 1.29 is 14.3 Å². The molecule has 0 aromatic heterocycles. The minimum absolute atomic E-state index is 0.0824. The monoisotopic (exact) mass is 250 g/mol. The lowest BCUT2D eigenvalue weighted by molar-refractivity contribution is 0.0465. The van der Waals surface area contributed by atoms with Crippen LogP contribution < -0.4 is 10.6 Å². The van der Waals surface area contributed by atoms with Crippen LogP contribution in [0.4, 0.5) is 5.69 Å². The van der Waals surface area contributed by atoms with Crippen molar-refractivity contribution in [3.63, 3.8) is 0 Å². The number of hydrogen-bond acceptors (Lipinski definition) is 5. The lowest BCUT2D eigenvalue weighted by Gasteiger charge is -2.34. The maximum Gasteiger partial charge on any atom is 0.337 e. The number of benzene rings is 1. The van der Waals surface area contributed by atoms with Crippen LogP contribution in [0.1, 0.15) is 10.4 Å². The highest BCUT2D eigenvalue weighted by Gasteiger charge is 2.19. The minimum atomic E-state index is -0.316. The van der Waals surface area contributed by atoms with Crippen LogP contribution in [-0.4, -0.2) is 45.4 Å². The van der Waals surface area contributed by atoms with E-state index < -0.39 is 0 Å². The largest absolute Gasteiger partial charge is 0.465 e. The third kappa shape index (κ3) is 2.80. The maximum atomic E-state index is 11.3. The Bertz CT molecular complexity index is 405. The number of nitrogens with zero attached hydrogens (tertiary/aromatic N) is 1. The van der Waals surface area contributed by atoms with Crippen molar-refractivity contribution in [1.29, 1.82) is 0 Å². The van der Waals surface area contributed by atoms with E-state index in [0.717, 1.165) is 18.8 Å². The van der Waals surface area contributed by atoms with Gasteiger partial charge in [-0.1, -0.05) is 0 Å². The number of rotatable bonds is 3. The van der Waals surface area contributed by atoms with Gasteiger partial charge < -0.3 is 20.1 Å². The van der Waals surface area contributed by atoms with E-state index in [4.69, 9.17) is 10.5 Å². The van der Waals surface area contributed by atoms with Crippen molar-refractivity contribution in [2.45, 2.75) is 6.10 Å². The SMILES string of the molecule is COC(=O)c1ccc(N2CCOC(CN)C2)cc1. The van der Waals surface area contributed by atoms with Crippen molar-refractivity contribution in [2.75, 3.05) is 38.3 Å². The average molecular weight is 250 g/mol. The number of carbonyl (C=O) groups excluding carboxylic acids is 1. The molecule has 0 bridgehead atoms. The Morgan fingerprint density at radius 2 is 2.22 bits per heavy atom. The second-order valence-electron chi connectivity index (χ2n) is 4.21. The molecule has 0 spiro atoms. The van der Waals surface area contributed by atoms with Gasteiger partial charge in [-0.3, -0.25) is 0 Å². The molecule has 1 atom stereocenters. The summed E-state index contributed by atoms with van der Waals surface area (Å²) in [6.45, 7) is 2.83. The highest BCUT2D eigenvalue weighted by molar-refractivity contribution is 5.89.